The van der Waals surface area contributed by atoms with Crippen LogP contribution in [0.3, 0.4) is 0 Å². The highest BCUT2D eigenvalue weighted by molar-refractivity contribution is 6.74. The number of ether oxygens (including phenoxy) is 4. The summed E-state index contributed by atoms with van der Waals surface area (Å²) in [7, 11) is -1.95. The monoisotopic (exact) mass is 570 g/mol. The van der Waals surface area contributed by atoms with Crippen LogP contribution in [0.5, 0.6) is 0 Å². The van der Waals surface area contributed by atoms with Crippen LogP contribution in [0.15, 0.2) is 42.5 Å². The molecule has 1 aromatic carbocycles. The summed E-state index contributed by atoms with van der Waals surface area (Å²) < 4.78 is 32.9. The van der Waals surface area contributed by atoms with E-state index in [9.17, 15) is 4.79 Å². The molecule has 6 atom stereocenters. The molecule has 1 aromatic rings. The van der Waals surface area contributed by atoms with Gasteiger partial charge in [0, 0.05) is 13.0 Å². The summed E-state index contributed by atoms with van der Waals surface area (Å²) in [6.07, 6.45) is 6.20. The number of hydrogen-bond acceptors (Lipinski definition) is 6. The van der Waals surface area contributed by atoms with Gasteiger partial charge in [-0.25, -0.2) is 0 Å². The van der Waals surface area contributed by atoms with Crippen LogP contribution in [-0.4, -0.2) is 50.6 Å². The van der Waals surface area contributed by atoms with Crippen LogP contribution in [0.2, 0.25) is 18.1 Å². The van der Waals surface area contributed by atoms with Crippen molar-refractivity contribution >= 4 is 14.1 Å². The number of carbonyl (C=O) groups excluding carboxylic acids is 1. The molecule has 2 aliphatic heterocycles. The minimum absolute atomic E-state index is 0.0900. The van der Waals surface area contributed by atoms with Crippen molar-refractivity contribution in [2.45, 2.75) is 129 Å². The number of Topliss-reactive ketones (excluding diaryl/α,β-unsaturated/α-hetero) is 1. The van der Waals surface area contributed by atoms with Gasteiger partial charge >= 0.3 is 0 Å². The molecule has 2 heterocycles. The highest BCUT2D eigenvalue weighted by Gasteiger charge is 2.66. The zero-order valence-corrected chi connectivity index (χ0v) is 27.0. The van der Waals surface area contributed by atoms with Gasteiger partial charge in [-0.2, -0.15) is 0 Å². The molecule has 0 spiro atoms. The van der Waals surface area contributed by atoms with Crippen LogP contribution < -0.4 is 0 Å². The van der Waals surface area contributed by atoms with Crippen LogP contribution >= 0.6 is 0 Å². The second-order valence-corrected chi connectivity index (χ2v) is 19.8. The first kappa shape index (κ1) is 30.1. The summed E-state index contributed by atoms with van der Waals surface area (Å²) in [5, 5.41) is 0.115. The number of allylic oxidation sites excluding steroid dienone is 1. The second kappa shape index (κ2) is 10.1. The molecule has 5 rings (SSSR count). The lowest BCUT2D eigenvalue weighted by molar-refractivity contribution is -0.231. The fraction of sp³-hybridized carbons (Fsp3) is 0.727. The number of hydrogen-bond donors (Lipinski definition) is 0. The lowest BCUT2D eigenvalue weighted by Gasteiger charge is -2.40. The zero-order chi connectivity index (χ0) is 29.2. The predicted octanol–water partition coefficient (Wildman–Crippen LogP) is 7.18. The van der Waals surface area contributed by atoms with E-state index in [0.29, 0.717) is 37.8 Å². The Hall–Kier alpha value is -1.35. The van der Waals surface area contributed by atoms with E-state index < -0.39 is 37.5 Å². The van der Waals surface area contributed by atoms with Crippen molar-refractivity contribution in [1.29, 1.82) is 0 Å². The molecule has 2 bridgehead atoms. The van der Waals surface area contributed by atoms with Gasteiger partial charge in [0.15, 0.2) is 20.4 Å². The van der Waals surface area contributed by atoms with Crippen molar-refractivity contribution in [3.05, 3.63) is 48.0 Å². The van der Waals surface area contributed by atoms with E-state index in [1.807, 2.05) is 32.0 Å². The van der Waals surface area contributed by atoms with Gasteiger partial charge in [0.05, 0.1) is 18.1 Å². The molecule has 222 valence electrons. The molecule has 2 aliphatic carbocycles. The van der Waals surface area contributed by atoms with Crippen molar-refractivity contribution < 1.29 is 28.2 Å². The van der Waals surface area contributed by atoms with Gasteiger partial charge in [-0.3, -0.25) is 4.79 Å². The molecule has 2 saturated carbocycles. The normalized spacial score (nSPS) is 36.6. The SMILES string of the molecule is CC1(C)O[C@H]2O[C@H](CCO[Si](C)(C)C(C)(C)C)[C@@](/C=C/[C@]34CC[C@H](CC3=O)C4(C)C)(OCc3ccccc3)[C@H]2O1. The average molecular weight is 571 g/mol. The molecular weight excluding hydrogens is 520 g/mol. The summed E-state index contributed by atoms with van der Waals surface area (Å²) in [5.74, 6) is -0.0237. The fourth-order valence-electron chi connectivity index (χ4n) is 7.10. The molecule has 7 heteroatoms. The minimum Gasteiger partial charge on any atom is -0.417 e. The Balaban J connectivity index is 1.51. The number of carbonyl (C=O) groups is 1. The van der Waals surface area contributed by atoms with Gasteiger partial charge in [0.1, 0.15) is 17.5 Å². The lowest BCUT2D eigenvalue weighted by atomic mass is 9.68. The van der Waals surface area contributed by atoms with Gasteiger partial charge in [0.25, 0.3) is 0 Å². The molecule has 0 amide bonds. The molecule has 0 radical (unpaired) electrons. The third kappa shape index (κ3) is 4.99. The molecule has 2 saturated heterocycles. The van der Waals surface area contributed by atoms with E-state index in [1.54, 1.807) is 0 Å². The smallest absolute Gasteiger partial charge is 0.191 e. The van der Waals surface area contributed by atoms with E-state index in [4.69, 9.17) is 23.4 Å². The van der Waals surface area contributed by atoms with Gasteiger partial charge in [-0.1, -0.05) is 77.1 Å². The zero-order valence-electron chi connectivity index (χ0n) is 26.0. The standard InChI is InChI=1S/C33H50O6Si/c1-29(2,3)40(8,9)36-20-16-26-33(35-22-23-13-11-10-12-14-23,27-28(37-26)39-31(6,7)38-27)19-18-32-17-15-24(21-25(32)34)30(32,4)5/h10-14,18-19,24,26-28H,15-17,20-22H2,1-9H3/b19-18+/t24-,26-,27+,28-,32-,33-/m1/s1. The molecular formula is C33H50O6Si. The van der Waals surface area contributed by atoms with E-state index >= 15 is 0 Å². The molecule has 4 aliphatic rings. The van der Waals surface area contributed by atoms with Crippen LogP contribution in [0.25, 0.3) is 0 Å². The van der Waals surface area contributed by atoms with Gasteiger partial charge in [0.2, 0.25) is 0 Å². The summed E-state index contributed by atoms with van der Waals surface area (Å²) in [6.45, 7) is 20.6. The molecule has 40 heavy (non-hydrogen) atoms. The Bertz CT molecular complexity index is 1120. The van der Waals surface area contributed by atoms with E-state index in [1.165, 1.54) is 0 Å². The molecule has 0 aromatic heterocycles. The van der Waals surface area contributed by atoms with Crippen molar-refractivity contribution in [3.8, 4) is 0 Å². The number of ketones is 1. The Morgan fingerprint density at radius 3 is 2.35 bits per heavy atom. The number of fused-ring (bicyclic) bond motifs is 3. The van der Waals surface area contributed by atoms with Crippen LogP contribution in [0, 0.1) is 16.7 Å². The first-order chi connectivity index (χ1) is 18.5. The third-order valence-electron chi connectivity index (χ3n) is 10.9. The van der Waals surface area contributed by atoms with E-state index in [2.05, 4.69) is 72.0 Å². The second-order valence-electron chi connectivity index (χ2n) is 15.0. The van der Waals surface area contributed by atoms with Gasteiger partial charge in [-0.15, -0.1) is 0 Å². The Labute approximate surface area is 242 Å². The Morgan fingerprint density at radius 2 is 1.75 bits per heavy atom. The lowest BCUT2D eigenvalue weighted by Crippen LogP contribution is -2.51. The molecule has 0 N–H and O–H groups in total. The quantitative estimate of drug-likeness (QED) is 0.231. The molecule has 4 fully saturated rings. The summed E-state index contributed by atoms with van der Waals surface area (Å²) >= 11 is 0. The molecule has 0 unspecified atom stereocenters. The summed E-state index contributed by atoms with van der Waals surface area (Å²) in [6, 6.07) is 10.2. The van der Waals surface area contributed by atoms with Crippen LogP contribution in [0.1, 0.15) is 79.7 Å². The highest BCUT2D eigenvalue weighted by Crippen LogP contribution is 2.65. The first-order valence-corrected chi connectivity index (χ1v) is 18.0. The van der Waals surface area contributed by atoms with Crippen LogP contribution in [0.4, 0.5) is 0 Å². The maximum atomic E-state index is 13.5. The van der Waals surface area contributed by atoms with E-state index in [0.717, 1.165) is 18.4 Å². The highest BCUT2D eigenvalue weighted by atomic mass is 28.4. The van der Waals surface area contributed by atoms with Crippen LogP contribution in [-0.2, 0) is 34.8 Å². The largest absolute Gasteiger partial charge is 0.417 e. The maximum absolute atomic E-state index is 13.5. The van der Waals surface area contributed by atoms with Gasteiger partial charge in [-0.05, 0) is 68.1 Å². The van der Waals surface area contributed by atoms with E-state index in [-0.39, 0.29) is 16.6 Å². The topological polar surface area (TPSA) is 63.2 Å². The average Bonchev–Trinajstić information content (AvgIpc) is 3.46. The summed E-state index contributed by atoms with van der Waals surface area (Å²) in [4.78, 5) is 13.5. The Morgan fingerprint density at radius 1 is 1.05 bits per heavy atom. The maximum Gasteiger partial charge on any atom is 0.191 e. The van der Waals surface area contributed by atoms with Crippen molar-refractivity contribution in [1.82, 2.24) is 0 Å². The first-order valence-electron chi connectivity index (χ1n) is 15.1. The Kier molecular flexibility index (Phi) is 7.63. The molecule has 6 nitrogen and oxygen atoms in total. The van der Waals surface area contributed by atoms with Crippen molar-refractivity contribution in [3.63, 3.8) is 0 Å². The number of benzene rings is 1. The number of rotatable bonds is 9. The predicted molar refractivity (Wildman–Crippen MR) is 158 cm³/mol. The third-order valence-corrected chi connectivity index (χ3v) is 15.4. The van der Waals surface area contributed by atoms with Crippen molar-refractivity contribution in [2.24, 2.45) is 16.7 Å². The fourth-order valence-corrected chi connectivity index (χ4v) is 8.16. The summed E-state index contributed by atoms with van der Waals surface area (Å²) in [5.41, 5.74) is -0.440. The van der Waals surface area contributed by atoms with Crippen molar-refractivity contribution in [2.75, 3.05) is 6.61 Å². The minimum atomic E-state index is -1.95. The van der Waals surface area contributed by atoms with Gasteiger partial charge < -0.3 is 23.4 Å².